The summed E-state index contributed by atoms with van der Waals surface area (Å²) in [5.74, 6) is -1.26. The first-order valence-corrected chi connectivity index (χ1v) is 12.2. The summed E-state index contributed by atoms with van der Waals surface area (Å²) in [6.45, 7) is 1.48. The minimum atomic E-state index is -4.28. The van der Waals surface area contributed by atoms with E-state index in [2.05, 4.69) is 5.32 Å². The molecule has 2 aromatic heterocycles. The quantitative estimate of drug-likeness (QED) is 0.554. The van der Waals surface area contributed by atoms with Crippen molar-refractivity contribution in [2.75, 3.05) is 16.7 Å². The zero-order valence-electron chi connectivity index (χ0n) is 15.7. The Balaban J connectivity index is 1.92. The van der Waals surface area contributed by atoms with Gasteiger partial charge in [0, 0.05) is 14.8 Å². The Morgan fingerprint density at radius 2 is 2.00 bits per heavy atom. The van der Waals surface area contributed by atoms with E-state index in [1.807, 2.05) is 17.5 Å². The molecule has 0 radical (unpaired) electrons. The maximum atomic E-state index is 13.7. The monoisotopic (exact) mass is 482 g/mol. The minimum Gasteiger partial charge on any atom is -0.465 e. The van der Waals surface area contributed by atoms with Gasteiger partial charge in [0.15, 0.2) is 0 Å². The van der Waals surface area contributed by atoms with Gasteiger partial charge in [0.05, 0.1) is 18.5 Å². The molecule has 0 bridgehead atoms. The Kier molecular flexibility index (Phi) is 5.35. The van der Waals surface area contributed by atoms with E-state index in [1.165, 1.54) is 43.6 Å². The lowest BCUT2D eigenvalue weighted by atomic mass is 10.1. The average Bonchev–Trinajstić information content (AvgIpc) is 3.38. The van der Waals surface area contributed by atoms with Gasteiger partial charge in [-0.1, -0.05) is 17.7 Å². The van der Waals surface area contributed by atoms with E-state index in [0.717, 1.165) is 20.5 Å². The van der Waals surface area contributed by atoms with Gasteiger partial charge >= 0.3 is 5.97 Å². The van der Waals surface area contributed by atoms with Gasteiger partial charge in [-0.25, -0.2) is 13.2 Å². The van der Waals surface area contributed by atoms with Crippen molar-refractivity contribution in [3.05, 3.63) is 51.7 Å². The number of thiophene rings is 2. The SMILES string of the molecule is COC(=O)c1sc(-c2cccs2)cc1S(=O)(=O)N1c2ccc(Cl)cc2NC(=O)C1C. The van der Waals surface area contributed by atoms with E-state index in [4.69, 9.17) is 16.3 Å². The van der Waals surface area contributed by atoms with Gasteiger partial charge in [0.25, 0.3) is 10.0 Å². The zero-order chi connectivity index (χ0) is 21.6. The molecule has 1 aliphatic heterocycles. The zero-order valence-corrected chi connectivity index (χ0v) is 18.9. The second-order valence-electron chi connectivity index (χ2n) is 6.40. The van der Waals surface area contributed by atoms with Crippen LogP contribution in [-0.2, 0) is 19.6 Å². The molecule has 0 saturated heterocycles. The summed E-state index contributed by atoms with van der Waals surface area (Å²) in [4.78, 5) is 26.1. The fourth-order valence-electron chi connectivity index (χ4n) is 3.14. The number of ether oxygens (including phenoxy) is 1. The molecule has 1 N–H and O–H groups in total. The van der Waals surface area contributed by atoms with Crippen LogP contribution < -0.4 is 9.62 Å². The number of carbonyl (C=O) groups is 2. The van der Waals surface area contributed by atoms with Crippen LogP contribution in [0.15, 0.2) is 46.7 Å². The number of hydrogen-bond acceptors (Lipinski definition) is 7. The number of sulfonamides is 1. The van der Waals surface area contributed by atoms with Crippen molar-refractivity contribution in [2.45, 2.75) is 17.9 Å². The number of halogens is 1. The minimum absolute atomic E-state index is 0.0467. The van der Waals surface area contributed by atoms with Crippen LogP contribution >= 0.6 is 34.3 Å². The molecule has 0 saturated carbocycles. The summed E-state index contributed by atoms with van der Waals surface area (Å²) in [5.41, 5.74) is 0.550. The van der Waals surface area contributed by atoms with Crippen molar-refractivity contribution in [1.29, 1.82) is 0 Å². The molecule has 0 aliphatic carbocycles. The highest BCUT2D eigenvalue weighted by atomic mass is 35.5. The smallest absolute Gasteiger partial charge is 0.349 e. The summed E-state index contributed by atoms with van der Waals surface area (Å²) >= 11 is 8.47. The topological polar surface area (TPSA) is 92.8 Å². The Hall–Kier alpha value is -2.40. The summed E-state index contributed by atoms with van der Waals surface area (Å²) < 4.78 is 33.3. The number of anilines is 2. The molecule has 30 heavy (non-hydrogen) atoms. The van der Waals surface area contributed by atoms with Crippen LogP contribution in [0.5, 0.6) is 0 Å². The van der Waals surface area contributed by atoms with Crippen molar-refractivity contribution < 1.29 is 22.7 Å². The number of methoxy groups -OCH3 is 1. The Morgan fingerprint density at radius 3 is 2.67 bits per heavy atom. The molecule has 1 atom stereocenters. The first-order valence-electron chi connectivity index (χ1n) is 8.65. The molecular weight excluding hydrogens is 468 g/mol. The average molecular weight is 483 g/mol. The Morgan fingerprint density at radius 1 is 1.23 bits per heavy atom. The van der Waals surface area contributed by atoms with Crippen LogP contribution in [0.3, 0.4) is 0 Å². The Bertz CT molecular complexity index is 1250. The van der Waals surface area contributed by atoms with Gasteiger partial charge < -0.3 is 10.1 Å². The van der Waals surface area contributed by atoms with Gasteiger partial charge in [-0.3, -0.25) is 9.10 Å². The van der Waals surface area contributed by atoms with Crippen LogP contribution in [0.1, 0.15) is 16.6 Å². The molecule has 0 spiro atoms. The molecule has 11 heteroatoms. The molecule has 156 valence electrons. The third-order valence-electron chi connectivity index (χ3n) is 4.55. The third kappa shape index (κ3) is 3.39. The van der Waals surface area contributed by atoms with Crippen molar-refractivity contribution in [2.24, 2.45) is 0 Å². The van der Waals surface area contributed by atoms with Crippen LogP contribution in [0.4, 0.5) is 11.4 Å². The van der Waals surface area contributed by atoms with E-state index in [9.17, 15) is 18.0 Å². The predicted molar refractivity (Wildman–Crippen MR) is 118 cm³/mol. The van der Waals surface area contributed by atoms with Crippen LogP contribution in [0.25, 0.3) is 9.75 Å². The third-order valence-corrected chi connectivity index (χ3v) is 9.01. The number of hydrogen-bond donors (Lipinski definition) is 1. The number of benzene rings is 1. The maximum absolute atomic E-state index is 13.7. The molecule has 1 aromatic carbocycles. The van der Waals surface area contributed by atoms with Crippen molar-refractivity contribution in [3.8, 4) is 9.75 Å². The lowest BCUT2D eigenvalue weighted by Crippen LogP contribution is -2.49. The van der Waals surface area contributed by atoms with E-state index in [0.29, 0.717) is 9.90 Å². The van der Waals surface area contributed by atoms with E-state index in [1.54, 1.807) is 6.07 Å². The maximum Gasteiger partial charge on any atom is 0.349 e. The molecule has 7 nitrogen and oxygen atoms in total. The van der Waals surface area contributed by atoms with Gasteiger partial charge in [-0.15, -0.1) is 22.7 Å². The van der Waals surface area contributed by atoms with Gasteiger partial charge in [0.2, 0.25) is 5.91 Å². The number of esters is 1. The fraction of sp³-hybridized carbons (Fsp3) is 0.158. The number of carbonyl (C=O) groups excluding carboxylic acids is 2. The van der Waals surface area contributed by atoms with Crippen LogP contribution in [0.2, 0.25) is 5.02 Å². The standard InChI is InChI=1S/C19H15ClN2O5S3/c1-10-18(23)21-12-8-11(20)5-6-13(12)22(10)30(25,26)16-9-15(14-4-3-7-28-14)29-17(16)19(24)27-2/h3-10H,1-2H3,(H,21,23). The van der Waals surface area contributed by atoms with E-state index in [-0.39, 0.29) is 21.1 Å². The molecule has 1 amide bonds. The second-order valence-corrected chi connectivity index (χ2v) is 10.6. The van der Waals surface area contributed by atoms with Gasteiger partial charge in [-0.05, 0) is 42.6 Å². The number of rotatable bonds is 4. The molecule has 1 unspecified atom stereocenters. The Labute approximate surface area is 185 Å². The van der Waals surface area contributed by atoms with Crippen LogP contribution in [0, 0.1) is 0 Å². The van der Waals surface area contributed by atoms with Crippen molar-refractivity contribution in [1.82, 2.24) is 0 Å². The molecule has 1 aliphatic rings. The molecular formula is C19H15ClN2O5S3. The fourth-order valence-corrected chi connectivity index (χ4v) is 7.35. The second kappa shape index (κ2) is 7.69. The van der Waals surface area contributed by atoms with E-state index >= 15 is 0 Å². The largest absolute Gasteiger partial charge is 0.465 e. The molecule has 3 heterocycles. The number of nitrogens with one attached hydrogen (secondary N) is 1. The number of amides is 1. The number of nitrogens with zero attached hydrogens (tertiary/aromatic N) is 1. The first-order chi connectivity index (χ1) is 14.2. The van der Waals surface area contributed by atoms with Gasteiger partial charge in [0.1, 0.15) is 15.8 Å². The highest BCUT2D eigenvalue weighted by Gasteiger charge is 2.41. The lowest BCUT2D eigenvalue weighted by Gasteiger charge is -2.35. The van der Waals surface area contributed by atoms with Crippen LogP contribution in [-0.4, -0.2) is 33.4 Å². The van der Waals surface area contributed by atoms with Crippen molar-refractivity contribution >= 4 is 67.5 Å². The first kappa shape index (κ1) is 20.9. The summed E-state index contributed by atoms with van der Waals surface area (Å²) in [6, 6.07) is 8.64. The lowest BCUT2D eigenvalue weighted by molar-refractivity contribution is -0.117. The summed E-state index contributed by atoms with van der Waals surface area (Å²) in [7, 11) is -3.09. The highest BCUT2D eigenvalue weighted by molar-refractivity contribution is 7.93. The van der Waals surface area contributed by atoms with E-state index < -0.39 is 27.9 Å². The predicted octanol–water partition coefficient (Wildman–Crippen LogP) is 4.45. The molecule has 0 fully saturated rings. The molecule has 3 aromatic rings. The number of fused-ring (bicyclic) bond motifs is 1. The van der Waals surface area contributed by atoms with Crippen molar-refractivity contribution in [3.63, 3.8) is 0 Å². The normalized spacial score (nSPS) is 16.2. The highest BCUT2D eigenvalue weighted by Crippen LogP contribution is 2.42. The summed E-state index contributed by atoms with van der Waals surface area (Å²) in [5, 5.41) is 4.88. The summed E-state index contributed by atoms with van der Waals surface area (Å²) in [6.07, 6.45) is 0. The van der Waals surface area contributed by atoms with Gasteiger partial charge in [-0.2, -0.15) is 0 Å². The molecule has 4 rings (SSSR count).